The largest absolute Gasteiger partial charge is 0.456 e. The van der Waals surface area contributed by atoms with Crippen LogP contribution in [0, 0.1) is 16.7 Å². The summed E-state index contributed by atoms with van der Waals surface area (Å²) in [6.45, 7) is 14.5. The zero-order valence-electron chi connectivity index (χ0n) is 40.6. The molecule has 370 valence electrons. The van der Waals surface area contributed by atoms with Gasteiger partial charge in [-0.15, -0.1) is 0 Å². The minimum Gasteiger partial charge on any atom is -0.456 e. The van der Waals surface area contributed by atoms with E-state index in [0.29, 0.717) is 37.0 Å². The van der Waals surface area contributed by atoms with Gasteiger partial charge in [0, 0.05) is 51.0 Å². The molecule has 0 spiro atoms. The van der Waals surface area contributed by atoms with Crippen LogP contribution in [-0.4, -0.2) is 154 Å². The minimum absolute atomic E-state index is 0.0440. The second kappa shape index (κ2) is 18.1. The van der Waals surface area contributed by atoms with E-state index in [-0.39, 0.29) is 42.8 Å². The maximum absolute atomic E-state index is 14.6. The molecule has 1 aromatic heterocycles. The van der Waals surface area contributed by atoms with Crippen molar-refractivity contribution in [2.24, 2.45) is 16.7 Å². The number of pyridine rings is 1. The molecule has 0 radical (unpaired) electrons. The number of alkyl carbamates (subject to hydrolysis) is 1. The third kappa shape index (κ3) is 8.58. The number of likely N-dealkylation sites (N-methyl/N-ethyl adjacent to an activating group) is 1. The molecule has 3 aliphatic heterocycles. The maximum atomic E-state index is 14.6. The summed E-state index contributed by atoms with van der Waals surface area (Å²) in [7, 11) is 3.43. The molecule has 2 bridgehead atoms. The Hall–Kier alpha value is -4.98. The summed E-state index contributed by atoms with van der Waals surface area (Å²) in [5.41, 5.74) is -5.48. The molecule has 6 aliphatic rings. The molecule has 3 saturated heterocycles. The highest BCUT2D eigenvalue weighted by Gasteiger charge is 2.77. The van der Waals surface area contributed by atoms with Crippen LogP contribution < -0.4 is 5.32 Å². The molecule has 2 aromatic rings. The van der Waals surface area contributed by atoms with E-state index in [9.17, 15) is 34.2 Å². The Balaban J connectivity index is 1.26. The second-order valence-corrected chi connectivity index (χ2v) is 21.2. The molecule has 2 saturated carbocycles. The van der Waals surface area contributed by atoms with E-state index in [4.69, 9.17) is 33.2 Å². The number of nitrogens with one attached hydrogen (secondary N) is 1. The molecule has 3 aliphatic carbocycles. The summed E-state index contributed by atoms with van der Waals surface area (Å²) in [6, 6.07) is 11.4. The summed E-state index contributed by atoms with van der Waals surface area (Å²) in [5, 5.41) is 28.5. The Bertz CT molecular complexity index is 2300. The average molecular weight is 947 g/mol. The van der Waals surface area contributed by atoms with Gasteiger partial charge in [-0.3, -0.25) is 19.5 Å². The molecule has 0 unspecified atom stereocenters. The Morgan fingerprint density at radius 3 is 2.29 bits per heavy atom. The Kier molecular flexibility index (Phi) is 13.1. The molecular weight excluding hydrogens is 881 g/mol. The number of rotatable bonds is 11. The number of nitrogens with zero attached hydrogens (tertiary/aromatic N) is 3. The van der Waals surface area contributed by atoms with Gasteiger partial charge in [-0.25, -0.2) is 14.4 Å². The fraction of sp³-hybridized carbons (Fsp3) is 0.640. The summed E-state index contributed by atoms with van der Waals surface area (Å²) < 4.78 is 45.2. The quantitative estimate of drug-likeness (QED) is 0.164. The number of fused-ring (bicyclic) bond motifs is 8. The average Bonchev–Trinajstić information content (AvgIpc) is 3.67. The molecule has 1 aromatic carbocycles. The number of esters is 3. The lowest BCUT2D eigenvalue weighted by atomic mass is 9.45. The van der Waals surface area contributed by atoms with Gasteiger partial charge in [-0.2, -0.15) is 0 Å². The zero-order chi connectivity index (χ0) is 49.3. The van der Waals surface area contributed by atoms with Gasteiger partial charge in [0.1, 0.15) is 41.7 Å². The SMILES string of the molecule is CC(=O)O[C@@]12CO[C@@H]1CC[C@@]1(C)[C@@H]3O[C@H](CN4CC[C@H]4C(=O)N(C)C)O[C@@H]3C3=C(C)[C@@H](OC(=O)[C@H](O)[C@@H](NC(=O)OC(C)(C)C)c4ccccn4)C[C@@](O)([C@@H](OC(=O)c4ccccc4)[C@@H]12)C3(C)C. The van der Waals surface area contributed by atoms with Gasteiger partial charge < -0.3 is 53.6 Å². The van der Waals surface area contributed by atoms with Crippen LogP contribution in [-0.2, 0) is 47.5 Å². The topological polar surface area (TPSA) is 222 Å². The number of hydrogen-bond donors (Lipinski definition) is 3. The van der Waals surface area contributed by atoms with E-state index < -0.39 is 107 Å². The van der Waals surface area contributed by atoms with Crippen molar-refractivity contribution in [1.82, 2.24) is 20.1 Å². The lowest BCUT2D eigenvalue weighted by molar-refractivity contribution is -0.345. The van der Waals surface area contributed by atoms with Crippen molar-refractivity contribution in [2.45, 2.75) is 153 Å². The second-order valence-electron chi connectivity index (χ2n) is 21.2. The molecular formula is C50H66N4O14. The highest BCUT2D eigenvalue weighted by Crippen LogP contribution is 2.66. The number of carbonyl (C=O) groups excluding carboxylic acids is 5. The van der Waals surface area contributed by atoms with Crippen molar-refractivity contribution in [2.75, 3.05) is 33.8 Å². The Labute approximate surface area is 396 Å². The highest BCUT2D eigenvalue weighted by molar-refractivity contribution is 5.89. The van der Waals surface area contributed by atoms with Crippen LogP contribution in [0.2, 0.25) is 0 Å². The molecule has 4 heterocycles. The van der Waals surface area contributed by atoms with E-state index >= 15 is 0 Å². The molecule has 18 heteroatoms. The number of aliphatic hydroxyl groups excluding tert-OH is 1. The van der Waals surface area contributed by atoms with Gasteiger partial charge in [-0.05, 0) is 82.4 Å². The van der Waals surface area contributed by atoms with Gasteiger partial charge in [0.05, 0.1) is 42.5 Å². The van der Waals surface area contributed by atoms with Crippen LogP contribution in [0.3, 0.4) is 0 Å². The van der Waals surface area contributed by atoms with Crippen molar-refractivity contribution in [3.05, 3.63) is 77.1 Å². The first-order valence-corrected chi connectivity index (χ1v) is 23.5. The third-order valence-corrected chi connectivity index (χ3v) is 15.3. The van der Waals surface area contributed by atoms with Crippen molar-refractivity contribution in [3.8, 4) is 0 Å². The number of hydrogen-bond acceptors (Lipinski definition) is 16. The molecule has 13 atom stereocenters. The summed E-state index contributed by atoms with van der Waals surface area (Å²) >= 11 is 0. The monoisotopic (exact) mass is 946 g/mol. The van der Waals surface area contributed by atoms with E-state index in [1.807, 2.05) is 25.7 Å². The predicted molar refractivity (Wildman–Crippen MR) is 241 cm³/mol. The lowest BCUT2D eigenvalue weighted by Crippen LogP contribution is -2.79. The fourth-order valence-corrected chi connectivity index (χ4v) is 11.8. The first kappa shape index (κ1) is 49.4. The van der Waals surface area contributed by atoms with E-state index in [1.54, 1.807) is 89.2 Å². The molecule has 3 N–H and O–H groups in total. The summed E-state index contributed by atoms with van der Waals surface area (Å²) in [5.74, 6) is -3.55. The number of benzene rings is 1. The van der Waals surface area contributed by atoms with Crippen LogP contribution in [0.25, 0.3) is 0 Å². The minimum atomic E-state index is -2.12. The highest BCUT2D eigenvalue weighted by atomic mass is 16.7. The number of carbonyl (C=O) groups is 5. The lowest BCUT2D eigenvalue weighted by Gasteiger charge is -2.68. The van der Waals surface area contributed by atoms with Gasteiger partial charge in [-0.1, -0.05) is 45.0 Å². The number of likely N-dealkylation sites (tertiary alicyclic amines) is 1. The summed E-state index contributed by atoms with van der Waals surface area (Å²) in [6.07, 6.45) is -6.39. The smallest absolute Gasteiger partial charge is 0.408 e. The molecule has 68 heavy (non-hydrogen) atoms. The van der Waals surface area contributed by atoms with Crippen LogP contribution >= 0.6 is 0 Å². The number of aromatic nitrogens is 1. The van der Waals surface area contributed by atoms with Gasteiger partial charge in [0.2, 0.25) is 5.91 Å². The van der Waals surface area contributed by atoms with Gasteiger partial charge >= 0.3 is 24.0 Å². The van der Waals surface area contributed by atoms with Crippen molar-refractivity contribution < 1.29 is 67.3 Å². The first-order valence-electron chi connectivity index (χ1n) is 23.5. The number of amides is 2. The van der Waals surface area contributed by atoms with Crippen LogP contribution in [0.1, 0.15) is 103 Å². The van der Waals surface area contributed by atoms with Crippen LogP contribution in [0.15, 0.2) is 65.9 Å². The number of ether oxygens (including phenoxy) is 7. The fourth-order valence-electron chi connectivity index (χ4n) is 11.8. The standard InChI is InChI=1S/C50H66N4O14/c1-27-32(63-44(59)37(56)36(30-18-14-15-22-51-30)52-45(60)68-46(3,4)5)24-50(61)41(66-43(58)29-16-12-11-13-17-29)39-48(8,21-19-33-49(39,26-62-33)67-28(2)55)40-38(35(27)47(50,6)7)64-34(65-40)25-54-23-20-31(54)42(57)53(9)10/h11-18,22,31-34,36-41,56,61H,19-21,23-26H2,1-10H3,(H,52,60)/t31-,32-,33+,34+,36-,37+,38+,39-,40+,41-,48+,49-,50+/m0/s1. The molecule has 8 rings (SSSR count). The molecule has 2 amide bonds. The maximum Gasteiger partial charge on any atom is 0.408 e. The normalized spacial score (nSPS) is 34.6. The molecule has 5 fully saturated rings. The Morgan fingerprint density at radius 2 is 1.71 bits per heavy atom. The first-order chi connectivity index (χ1) is 31.9. The third-order valence-electron chi connectivity index (χ3n) is 15.3. The van der Waals surface area contributed by atoms with Crippen molar-refractivity contribution >= 4 is 29.9 Å². The van der Waals surface area contributed by atoms with Crippen LogP contribution in [0.4, 0.5) is 4.79 Å². The zero-order valence-corrected chi connectivity index (χ0v) is 40.6. The molecule has 18 nitrogen and oxygen atoms in total. The predicted octanol–water partition coefficient (Wildman–Crippen LogP) is 4.03. The van der Waals surface area contributed by atoms with E-state index in [2.05, 4.69) is 10.3 Å². The van der Waals surface area contributed by atoms with Gasteiger partial charge in [0.25, 0.3) is 0 Å². The van der Waals surface area contributed by atoms with Crippen molar-refractivity contribution in [3.63, 3.8) is 0 Å². The van der Waals surface area contributed by atoms with E-state index in [1.165, 1.54) is 19.2 Å². The summed E-state index contributed by atoms with van der Waals surface area (Å²) in [4.78, 5) is 76.6. The van der Waals surface area contributed by atoms with E-state index in [0.717, 1.165) is 0 Å². The van der Waals surface area contributed by atoms with Crippen LogP contribution in [0.5, 0.6) is 0 Å². The van der Waals surface area contributed by atoms with Crippen molar-refractivity contribution in [1.29, 1.82) is 0 Å². The Morgan fingerprint density at radius 1 is 1.00 bits per heavy atom. The van der Waals surface area contributed by atoms with Gasteiger partial charge in [0.15, 0.2) is 18.0 Å². The number of aliphatic hydroxyl groups is 2.